The molecule has 1 aromatic heterocycles. The monoisotopic (exact) mass is 680 g/mol. The minimum atomic E-state index is -1.93. The molecular weight excluding hydrogens is 644 g/mol. The van der Waals surface area contributed by atoms with E-state index < -0.39 is 11.2 Å². The van der Waals surface area contributed by atoms with E-state index in [9.17, 15) is 15.0 Å². The van der Waals surface area contributed by atoms with Gasteiger partial charge in [-0.15, -0.1) is 0 Å². The predicted molar refractivity (Wildman–Crippen MR) is 194 cm³/mol. The van der Waals surface area contributed by atoms with E-state index >= 15 is 0 Å². The molecule has 0 amide bonds. The molecule has 1 heterocycles. The quantitative estimate of drug-likeness (QED) is 0.117. The highest BCUT2D eigenvalue weighted by atomic mass is 16.6. The average Bonchev–Trinajstić information content (AvgIpc) is 3.17. The topological polar surface area (TPSA) is 108 Å². The maximum absolute atomic E-state index is 14.2. The lowest BCUT2D eigenvalue weighted by Crippen LogP contribution is -2.37. The number of rotatable bonds is 13. The summed E-state index contributed by atoms with van der Waals surface area (Å²) >= 11 is 0. The van der Waals surface area contributed by atoms with Gasteiger partial charge in [0.25, 0.3) is 0 Å². The summed E-state index contributed by atoms with van der Waals surface area (Å²) in [4.78, 5) is 14.2. The van der Waals surface area contributed by atoms with Gasteiger partial charge < -0.3 is 33.6 Å². The first-order chi connectivity index (χ1) is 24.9. The summed E-state index contributed by atoms with van der Waals surface area (Å²) in [6.45, 7) is 0.598. The number of hydrogen-bond acceptors (Lipinski definition) is 8. The second-order valence-corrected chi connectivity index (χ2v) is 12.2. The van der Waals surface area contributed by atoms with Crippen LogP contribution in [0.1, 0.15) is 34.4 Å². The first-order valence-electron chi connectivity index (χ1n) is 16.6. The molecule has 6 aromatic rings. The Morgan fingerprint density at radius 1 is 0.627 bits per heavy atom. The SMILES string of the molecule is O=c1c(OCc2ccccc2)c(C2=CC=C(OCc3ccccc3)C(O)(OCc3ccccc3)C2)oc2cc(OCc3ccccc3)cc(O)c12. The molecule has 1 aliphatic carbocycles. The maximum atomic E-state index is 14.2. The highest BCUT2D eigenvalue weighted by Crippen LogP contribution is 2.41. The molecule has 0 fully saturated rings. The van der Waals surface area contributed by atoms with Crippen molar-refractivity contribution in [1.82, 2.24) is 0 Å². The van der Waals surface area contributed by atoms with Crippen LogP contribution in [-0.4, -0.2) is 16.0 Å². The second kappa shape index (κ2) is 15.2. The van der Waals surface area contributed by atoms with E-state index in [-0.39, 0.29) is 66.8 Å². The number of benzene rings is 5. The Labute approximate surface area is 295 Å². The molecule has 0 bridgehead atoms. The molecule has 0 radical (unpaired) electrons. The molecule has 7 rings (SSSR count). The van der Waals surface area contributed by atoms with Crippen molar-refractivity contribution in [2.24, 2.45) is 0 Å². The molecule has 256 valence electrons. The normalized spacial score (nSPS) is 15.5. The van der Waals surface area contributed by atoms with Crippen molar-refractivity contribution < 1.29 is 33.6 Å². The number of hydrogen-bond donors (Lipinski definition) is 2. The smallest absolute Gasteiger partial charge is 0.239 e. The van der Waals surface area contributed by atoms with E-state index in [1.54, 1.807) is 18.2 Å². The zero-order valence-electron chi connectivity index (χ0n) is 27.7. The summed E-state index contributed by atoms with van der Waals surface area (Å²) in [5.74, 6) is -1.75. The largest absolute Gasteiger partial charge is 0.507 e. The Morgan fingerprint density at radius 2 is 1.14 bits per heavy atom. The number of phenolic OH excluding ortho intramolecular Hbond substituents is 1. The third-order valence-electron chi connectivity index (χ3n) is 8.48. The second-order valence-electron chi connectivity index (χ2n) is 12.2. The Morgan fingerprint density at radius 3 is 1.71 bits per heavy atom. The predicted octanol–water partition coefficient (Wildman–Crippen LogP) is 8.45. The Hall–Kier alpha value is -6.09. The van der Waals surface area contributed by atoms with Gasteiger partial charge in [-0.25, -0.2) is 0 Å². The van der Waals surface area contributed by atoms with Crippen molar-refractivity contribution in [2.75, 3.05) is 0 Å². The molecule has 51 heavy (non-hydrogen) atoms. The van der Waals surface area contributed by atoms with Crippen molar-refractivity contribution in [2.45, 2.75) is 38.6 Å². The minimum Gasteiger partial charge on any atom is -0.507 e. The fraction of sp³-hybridized carbons (Fsp3) is 0.140. The summed E-state index contributed by atoms with van der Waals surface area (Å²) < 4.78 is 30.9. The Kier molecular flexibility index (Phi) is 9.96. The van der Waals surface area contributed by atoms with Gasteiger partial charge in [0.2, 0.25) is 17.0 Å². The van der Waals surface area contributed by atoms with Crippen molar-refractivity contribution in [3.05, 3.63) is 190 Å². The van der Waals surface area contributed by atoms with Crippen LogP contribution in [-0.2, 0) is 35.9 Å². The van der Waals surface area contributed by atoms with Crippen LogP contribution in [0.5, 0.6) is 17.2 Å². The summed E-state index contributed by atoms with van der Waals surface area (Å²) in [5.41, 5.74) is 3.48. The number of allylic oxidation sites excluding steroid dienone is 2. The molecule has 0 spiro atoms. The highest BCUT2D eigenvalue weighted by molar-refractivity contribution is 5.88. The van der Waals surface area contributed by atoms with Crippen LogP contribution in [0.3, 0.4) is 0 Å². The van der Waals surface area contributed by atoms with Crippen LogP contribution in [0.4, 0.5) is 0 Å². The zero-order valence-corrected chi connectivity index (χ0v) is 27.7. The molecule has 1 atom stereocenters. The molecule has 5 aromatic carbocycles. The Bertz CT molecular complexity index is 2210. The van der Waals surface area contributed by atoms with E-state index in [0.717, 1.165) is 22.3 Å². The number of fused-ring (bicyclic) bond motifs is 1. The third kappa shape index (κ3) is 7.88. The molecular formula is C43H36O8. The van der Waals surface area contributed by atoms with Crippen LogP contribution in [0.25, 0.3) is 16.5 Å². The zero-order chi connectivity index (χ0) is 35.0. The van der Waals surface area contributed by atoms with Gasteiger partial charge in [0.1, 0.15) is 42.3 Å². The van der Waals surface area contributed by atoms with E-state index in [0.29, 0.717) is 11.3 Å². The fourth-order valence-electron chi connectivity index (χ4n) is 5.82. The lowest BCUT2D eigenvalue weighted by molar-refractivity contribution is -0.205. The van der Waals surface area contributed by atoms with Crippen LogP contribution in [0.2, 0.25) is 0 Å². The summed E-state index contributed by atoms with van der Waals surface area (Å²) in [6, 6.07) is 41.1. The molecule has 2 N–H and O–H groups in total. The Balaban J connectivity index is 1.28. The number of phenols is 1. The van der Waals surface area contributed by atoms with Gasteiger partial charge in [0.05, 0.1) is 6.61 Å². The van der Waals surface area contributed by atoms with Gasteiger partial charge in [-0.1, -0.05) is 127 Å². The first-order valence-corrected chi connectivity index (χ1v) is 16.6. The van der Waals surface area contributed by atoms with Crippen LogP contribution >= 0.6 is 0 Å². The third-order valence-corrected chi connectivity index (χ3v) is 8.48. The lowest BCUT2D eigenvalue weighted by Gasteiger charge is -2.33. The number of ether oxygens (including phenoxy) is 4. The van der Waals surface area contributed by atoms with Gasteiger partial charge in [0.15, 0.2) is 11.5 Å². The maximum Gasteiger partial charge on any atom is 0.239 e. The summed E-state index contributed by atoms with van der Waals surface area (Å²) in [6.07, 6.45) is 3.21. The van der Waals surface area contributed by atoms with Gasteiger partial charge in [-0.05, 0) is 28.3 Å². The van der Waals surface area contributed by atoms with Crippen molar-refractivity contribution in [3.8, 4) is 17.2 Å². The lowest BCUT2D eigenvalue weighted by atomic mass is 9.94. The molecule has 0 saturated heterocycles. The first kappa shape index (κ1) is 33.4. The van der Waals surface area contributed by atoms with Gasteiger partial charge in [0, 0.05) is 24.1 Å². The molecule has 8 heteroatoms. The van der Waals surface area contributed by atoms with E-state index in [2.05, 4.69) is 0 Å². The highest BCUT2D eigenvalue weighted by Gasteiger charge is 2.40. The van der Waals surface area contributed by atoms with E-state index in [1.165, 1.54) is 6.07 Å². The van der Waals surface area contributed by atoms with Crippen LogP contribution in [0.15, 0.2) is 161 Å². The molecule has 0 aliphatic heterocycles. The van der Waals surface area contributed by atoms with Crippen LogP contribution in [0, 0.1) is 0 Å². The minimum absolute atomic E-state index is 0.0525. The molecule has 1 aliphatic rings. The van der Waals surface area contributed by atoms with E-state index in [1.807, 2.05) is 121 Å². The summed E-state index contributed by atoms with van der Waals surface area (Å²) in [7, 11) is 0. The standard InChI is InChI=1S/C43H36O8/c44-36-23-35(47-26-30-13-5-1-6-14-30)24-37-39(36)40(45)42(49-28-32-17-9-3-10-18-32)41(51-37)34-21-22-38(48-27-31-15-7-2-8-16-31)43(46,25-34)50-29-33-19-11-4-12-20-33/h1-24,44,46H,25-29H2. The average molecular weight is 681 g/mol. The number of aliphatic hydroxyl groups is 1. The van der Waals surface area contributed by atoms with Gasteiger partial charge in [-0.2, -0.15) is 0 Å². The van der Waals surface area contributed by atoms with Gasteiger partial charge in [-0.3, -0.25) is 4.79 Å². The number of aromatic hydroxyl groups is 1. The van der Waals surface area contributed by atoms with E-state index in [4.69, 9.17) is 23.4 Å². The van der Waals surface area contributed by atoms with Gasteiger partial charge >= 0.3 is 0 Å². The molecule has 8 nitrogen and oxygen atoms in total. The van der Waals surface area contributed by atoms with Crippen LogP contribution < -0.4 is 14.9 Å². The molecule has 0 saturated carbocycles. The fourth-order valence-corrected chi connectivity index (χ4v) is 5.82. The molecule has 1 unspecified atom stereocenters. The summed E-state index contributed by atoms with van der Waals surface area (Å²) in [5, 5.41) is 23.2. The van der Waals surface area contributed by atoms with Crippen molar-refractivity contribution >= 4 is 16.5 Å². The van der Waals surface area contributed by atoms with Crippen molar-refractivity contribution in [3.63, 3.8) is 0 Å². The van der Waals surface area contributed by atoms with Crippen molar-refractivity contribution in [1.29, 1.82) is 0 Å².